The number of rotatable bonds is 4. The molecule has 1 aliphatic rings. The minimum absolute atomic E-state index is 0.0827. The molecule has 116 valence electrons. The summed E-state index contributed by atoms with van der Waals surface area (Å²) in [6.07, 6.45) is 3.31. The molecule has 0 spiro atoms. The minimum atomic E-state index is 0.0827. The lowest BCUT2D eigenvalue weighted by molar-refractivity contribution is 0.0642. The van der Waals surface area contributed by atoms with Gasteiger partial charge >= 0.3 is 0 Å². The van der Waals surface area contributed by atoms with Crippen molar-refractivity contribution in [3.8, 4) is 0 Å². The maximum atomic E-state index is 12.6. The second-order valence-corrected chi connectivity index (χ2v) is 6.12. The van der Waals surface area contributed by atoms with Crippen LogP contribution in [-0.2, 0) is 0 Å². The number of piperidine rings is 1. The maximum Gasteiger partial charge on any atom is 0.253 e. The molecule has 0 saturated carbocycles. The van der Waals surface area contributed by atoms with Gasteiger partial charge in [0.05, 0.1) is 0 Å². The first kappa shape index (κ1) is 15.8. The highest BCUT2D eigenvalue weighted by Gasteiger charge is 2.25. The molecule has 21 heavy (non-hydrogen) atoms. The standard InChI is InChI=1S/C17H27N3O/c1-4-7-20-8-5-16(6-9-20)19(3)17(21)14-10-13(2)11-15(18)12-14/h10-12,16H,4-9,18H2,1-3H3. The fourth-order valence-electron chi connectivity index (χ4n) is 3.15. The van der Waals surface area contributed by atoms with Crippen LogP contribution in [-0.4, -0.2) is 48.4 Å². The number of anilines is 1. The highest BCUT2D eigenvalue weighted by atomic mass is 16.2. The molecule has 0 atom stereocenters. The van der Waals surface area contributed by atoms with Gasteiger partial charge in [0, 0.05) is 37.4 Å². The Kier molecular flexibility index (Phi) is 5.23. The average Bonchev–Trinajstić information content (AvgIpc) is 2.46. The summed E-state index contributed by atoms with van der Waals surface area (Å²) in [6.45, 7) is 7.53. The fourth-order valence-corrected chi connectivity index (χ4v) is 3.15. The number of hydrogen-bond acceptors (Lipinski definition) is 3. The van der Waals surface area contributed by atoms with Crippen LogP contribution in [0, 0.1) is 6.92 Å². The van der Waals surface area contributed by atoms with Crippen LogP contribution in [0.4, 0.5) is 5.69 Å². The SMILES string of the molecule is CCCN1CCC(N(C)C(=O)c2cc(C)cc(N)c2)CC1. The molecule has 1 aliphatic heterocycles. The number of nitrogens with zero attached hydrogens (tertiary/aromatic N) is 2. The lowest BCUT2D eigenvalue weighted by atomic mass is 10.0. The quantitative estimate of drug-likeness (QED) is 0.867. The third-order valence-electron chi connectivity index (χ3n) is 4.31. The van der Waals surface area contributed by atoms with Gasteiger partial charge in [-0.25, -0.2) is 0 Å². The Morgan fingerprint density at radius 3 is 2.57 bits per heavy atom. The number of nitrogen functional groups attached to an aromatic ring is 1. The number of nitrogens with two attached hydrogens (primary N) is 1. The van der Waals surface area contributed by atoms with Crippen molar-refractivity contribution in [3.63, 3.8) is 0 Å². The number of amides is 1. The van der Waals surface area contributed by atoms with E-state index in [1.807, 2.05) is 31.0 Å². The van der Waals surface area contributed by atoms with E-state index < -0.39 is 0 Å². The lowest BCUT2D eigenvalue weighted by Crippen LogP contribution is -2.45. The highest BCUT2D eigenvalue weighted by Crippen LogP contribution is 2.19. The predicted molar refractivity (Wildman–Crippen MR) is 87.4 cm³/mol. The van der Waals surface area contributed by atoms with Crippen LogP contribution in [0.5, 0.6) is 0 Å². The summed E-state index contributed by atoms with van der Waals surface area (Å²) in [6, 6.07) is 5.92. The number of carbonyl (C=O) groups is 1. The molecule has 0 bridgehead atoms. The third-order valence-corrected chi connectivity index (χ3v) is 4.31. The normalized spacial score (nSPS) is 16.9. The van der Waals surface area contributed by atoms with Gasteiger partial charge in [0.15, 0.2) is 0 Å². The second-order valence-electron chi connectivity index (χ2n) is 6.12. The lowest BCUT2D eigenvalue weighted by Gasteiger charge is -2.36. The molecule has 1 fully saturated rings. The van der Waals surface area contributed by atoms with E-state index in [1.54, 1.807) is 6.07 Å². The monoisotopic (exact) mass is 289 g/mol. The predicted octanol–water partition coefficient (Wildman–Crippen LogP) is 2.52. The van der Waals surface area contributed by atoms with E-state index in [9.17, 15) is 4.79 Å². The van der Waals surface area contributed by atoms with Crippen LogP contribution < -0.4 is 5.73 Å². The van der Waals surface area contributed by atoms with E-state index >= 15 is 0 Å². The fraction of sp³-hybridized carbons (Fsp3) is 0.588. The van der Waals surface area contributed by atoms with Crippen molar-refractivity contribution in [2.24, 2.45) is 0 Å². The first-order valence-corrected chi connectivity index (χ1v) is 7.88. The summed E-state index contributed by atoms with van der Waals surface area (Å²) in [7, 11) is 1.92. The minimum Gasteiger partial charge on any atom is -0.399 e. The average molecular weight is 289 g/mol. The van der Waals surface area contributed by atoms with Gasteiger partial charge < -0.3 is 15.5 Å². The molecule has 0 aromatic heterocycles. The molecule has 1 heterocycles. The zero-order valence-electron chi connectivity index (χ0n) is 13.4. The largest absolute Gasteiger partial charge is 0.399 e. The number of benzene rings is 1. The molecule has 0 unspecified atom stereocenters. The van der Waals surface area contributed by atoms with Gasteiger partial charge in [-0.3, -0.25) is 4.79 Å². The number of aryl methyl sites for hydroxylation is 1. The van der Waals surface area contributed by atoms with E-state index in [2.05, 4.69) is 11.8 Å². The summed E-state index contributed by atoms with van der Waals surface area (Å²) in [5.41, 5.74) is 8.24. The van der Waals surface area contributed by atoms with E-state index in [0.717, 1.165) is 31.5 Å². The van der Waals surface area contributed by atoms with Crippen LogP contribution in [0.25, 0.3) is 0 Å². The van der Waals surface area contributed by atoms with Gasteiger partial charge in [-0.05, 0) is 56.5 Å². The highest BCUT2D eigenvalue weighted by molar-refractivity contribution is 5.95. The Labute approximate surface area is 127 Å². The van der Waals surface area contributed by atoms with Crippen molar-refractivity contribution in [2.75, 3.05) is 32.4 Å². The van der Waals surface area contributed by atoms with Gasteiger partial charge in [0.1, 0.15) is 0 Å². The molecule has 1 saturated heterocycles. The van der Waals surface area contributed by atoms with Gasteiger partial charge in [-0.1, -0.05) is 6.92 Å². The van der Waals surface area contributed by atoms with Crippen molar-refractivity contribution >= 4 is 11.6 Å². The molecular formula is C17H27N3O. The van der Waals surface area contributed by atoms with E-state index in [0.29, 0.717) is 17.3 Å². The summed E-state index contributed by atoms with van der Waals surface area (Å²) in [5.74, 6) is 0.0827. The van der Waals surface area contributed by atoms with Crippen LogP contribution in [0.1, 0.15) is 42.1 Å². The van der Waals surface area contributed by atoms with Crippen molar-refractivity contribution in [3.05, 3.63) is 29.3 Å². The first-order valence-electron chi connectivity index (χ1n) is 7.88. The third kappa shape index (κ3) is 3.97. The molecule has 4 nitrogen and oxygen atoms in total. The second kappa shape index (κ2) is 6.94. The molecule has 1 amide bonds. The van der Waals surface area contributed by atoms with Crippen LogP contribution in [0.15, 0.2) is 18.2 Å². The summed E-state index contributed by atoms with van der Waals surface area (Å²) in [4.78, 5) is 17.0. The molecule has 4 heteroatoms. The van der Waals surface area contributed by atoms with Crippen LogP contribution >= 0.6 is 0 Å². The molecule has 0 radical (unpaired) electrons. The number of hydrogen-bond donors (Lipinski definition) is 1. The Balaban J connectivity index is 2.00. The Morgan fingerprint density at radius 2 is 2.00 bits per heavy atom. The summed E-state index contributed by atoms with van der Waals surface area (Å²) >= 11 is 0. The van der Waals surface area contributed by atoms with Gasteiger partial charge in [0.25, 0.3) is 5.91 Å². The molecule has 0 aliphatic carbocycles. The van der Waals surface area contributed by atoms with Gasteiger partial charge in [0.2, 0.25) is 0 Å². The molecule has 2 rings (SSSR count). The molecular weight excluding hydrogens is 262 g/mol. The zero-order chi connectivity index (χ0) is 15.4. The zero-order valence-corrected chi connectivity index (χ0v) is 13.4. The smallest absolute Gasteiger partial charge is 0.253 e. The molecule has 1 aromatic rings. The van der Waals surface area contributed by atoms with Crippen LogP contribution in [0.2, 0.25) is 0 Å². The first-order chi connectivity index (χ1) is 10.0. The number of carbonyl (C=O) groups excluding carboxylic acids is 1. The van der Waals surface area contributed by atoms with Crippen molar-refractivity contribution in [2.45, 2.75) is 39.2 Å². The van der Waals surface area contributed by atoms with Crippen molar-refractivity contribution in [1.82, 2.24) is 9.80 Å². The van der Waals surface area contributed by atoms with Crippen molar-refractivity contribution in [1.29, 1.82) is 0 Å². The van der Waals surface area contributed by atoms with Crippen LogP contribution in [0.3, 0.4) is 0 Å². The van der Waals surface area contributed by atoms with E-state index in [4.69, 9.17) is 5.73 Å². The van der Waals surface area contributed by atoms with Gasteiger partial charge in [-0.15, -0.1) is 0 Å². The van der Waals surface area contributed by atoms with Gasteiger partial charge in [-0.2, -0.15) is 0 Å². The summed E-state index contributed by atoms with van der Waals surface area (Å²) < 4.78 is 0. The molecule has 2 N–H and O–H groups in total. The summed E-state index contributed by atoms with van der Waals surface area (Å²) in [5, 5.41) is 0. The molecule has 1 aromatic carbocycles. The topological polar surface area (TPSA) is 49.6 Å². The Bertz CT molecular complexity index is 473. The van der Waals surface area contributed by atoms with E-state index in [1.165, 1.54) is 13.0 Å². The maximum absolute atomic E-state index is 12.6. The Morgan fingerprint density at radius 1 is 1.33 bits per heavy atom. The van der Waals surface area contributed by atoms with Crippen molar-refractivity contribution < 1.29 is 4.79 Å². The van der Waals surface area contributed by atoms with E-state index in [-0.39, 0.29) is 5.91 Å². The Hall–Kier alpha value is -1.55. The number of likely N-dealkylation sites (tertiary alicyclic amines) is 1.